The summed E-state index contributed by atoms with van der Waals surface area (Å²) < 4.78 is 29.9. The van der Waals surface area contributed by atoms with Gasteiger partial charge in [0.25, 0.3) is 0 Å². The summed E-state index contributed by atoms with van der Waals surface area (Å²) in [7, 11) is 0. The molecule has 4 unspecified atom stereocenters. The highest BCUT2D eigenvalue weighted by Crippen LogP contribution is 2.51. The van der Waals surface area contributed by atoms with Gasteiger partial charge in [-0.05, 0) is 42.3 Å². The molecule has 4 aromatic rings. The monoisotopic (exact) mass is 494 g/mol. The Morgan fingerprint density at radius 1 is 0.676 bits per heavy atom. The molecule has 5 rings (SSSR count). The highest BCUT2D eigenvalue weighted by atomic mass is 19.1. The van der Waals surface area contributed by atoms with Crippen molar-refractivity contribution in [3.05, 3.63) is 143 Å². The zero-order valence-electron chi connectivity index (χ0n) is 20.6. The number of rotatable bonds is 5. The van der Waals surface area contributed by atoms with Crippen LogP contribution in [0.1, 0.15) is 55.8 Å². The number of hydrogen-bond donors (Lipinski definition) is 0. The van der Waals surface area contributed by atoms with Crippen LogP contribution < -0.4 is 0 Å². The number of aryl methyl sites for hydroxylation is 1. The average molecular weight is 495 g/mol. The topological polar surface area (TPSA) is 52.6 Å². The first-order chi connectivity index (χ1) is 17.9. The molecule has 0 radical (unpaired) electrons. The Morgan fingerprint density at radius 2 is 1.16 bits per heavy atom. The van der Waals surface area contributed by atoms with Crippen molar-refractivity contribution in [1.29, 1.82) is 0 Å². The summed E-state index contributed by atoms with van der Waals surface area (Å²) in [5, 5.41) is 0. The minimum absolute atomic E-state index is 0.286. The van der Waals surface area contributed by atoms with E-state index in [0.29, 0.717) is 27.8 Å². The maximum atomic E-state index is 17.9. The minimum Gasteiger partial charge on any atom is -0.454 e. The van der Waals surface area contributed by atoms with Gasteiger partial charge < -0.3 is 9.47 Å². The van der Waals surface area contributed by atoms with Crippen LogP contribution in [0, 0.1) is 6.92 Å². The van der Waals surface area contributed by atoms with E-state index in [9.17, 15) is 9.59 Å². The van der Waals surface area contributed by atoms with Crippen molar-refractivity contribution in [3.8, 4) is 0 Å². The van der Waals surface area contributed by atoms with Gasteiger partial charge in [0, 0.05) is 17.0 Å². The second-order valence-corrected chi connectivity index (χ2v) is 9.33. The van der Waals surface area contributed by atoms with Crippen LogP contribution in [-0.4, -0.2) is 24.1 Å². The molecular weight excluding hydrogens is 467 g/mol. The van der Waals surface area contributed by atoms with E-state index in [1.165, 1.54) is 0 Å². The normalized spacial score (nSPS) is 22.5. The fourth-order valence-corrected chi connectivity index (χ4v) is 5.16. The zero-order valence-corrected chi connectivity index (χ0v) is 20.6. The van der Waals surface area contributed by atoms with Crippen molar-refractivity contribution in [3.63, 3.8) is 0 Å². The number of carbonyl (C=O) groups is 2. The Morgan fingerprint density at radius 3 is 1.76 bits per heavy atom. The third-order valence-electron chi connectivity index (χ3n) is 7.06. The van der Waals surface area contributed by atoms with Crippen molar-refractivity contribution in [2.24, 2.45) is 0 Å². The van der Waals surface area contributed by atoms with Gasteiger partial charge in [0.15, 0.2) is 6.10 Å². The fourth-order valence-electron chi connectivity index (χ4n) is 5.16. The lowest BCUT2D eigenvalue weighted by molar-refractivity contribution is -0.103. The lowest BCUT2D eigenvalue weighted by atomic mass is 9.68. The summed E-state index contributed by atoms with van der Waals surface area (Å²) in [5.74, 6) is -1.73. The van der Waals surface area contributed by atoms with E-state index >= 15 is 4.39 Å². The predicted octanol–water partition coefficient (Wildman–Crippen LogP) is 6.78. The standard InChI is InChI=1S/C32H27FO4/c1-21-13-9-11-19-26(21)32(33)27-20-12-10-18-25(27)22(2)28(36-30(34)23-14-5-3-6-15-23)29(32)37-31(35)24-16-7-4-8-17-24/h3-20,22,28-29H,1-2H3. The number of ether oxygens (including phenoxy) is 2. The summed E-state index contributed by atoms with van der Waals surface area (Å²) in [4.78, 5) is 26.5. The summed E-state index contributed by atoms with van der Waals surface area (Å²) in [5.41, 5.74) is 0.516. The van der Waals surface area contributed by atoms with Crippen LogP contribution in [0.4, 0.5) is 4.39 Å². The van der Waals surface area contributed by atoms with Crippen molar-refractivity contribution < 1.29 is 23.5 Å². The van der Waals surface area contributed by atoms with Gasteiger partial charge in [-0.3, -0.25) is 0 Å². The van der Waals surface area contributed by atoms with Crippen molar-refractivity contribution >= 4 is 11.9 Å². The van der Waals surface area contributed by atoms with Crippen molar-refractivity contribution in [2.45, 2.75) is 37.6 Å². The molecular formula is C32H27FO4. The van der Waals surface area contributed by atoms with Gasteiger partial charge in [0.2, 0.25) is 5.67 Å². The summed E-state index contributed by atoms with van der Waals surface area (Å²) in [6.45, 7) is 3.68. The van der Waals surface area contributed by atoms with Gasteiger partial charge in [-0.15, -0.1) is 0 Å². The molecule has 1 aliphatic rings. The summed E-state index contributed by atoms with van der Waals surface area (Å²) in [6, 6.07) is 31.2. The lowest BCUT2D eigenvalue weighted by Crippen LogP contribution is -2.55. The van der Waals surface area contributed by atoms with Crippen LogP contribution >= 0.6 is 0 Å². The molecule has 0 N–H and O–H groups in total. The third kappa shape index (κ3) is 4.42. The number of esters is 2. The molecule has 186 valence electrons. The molecule has 4 atom stereocenters. The molecule has 1 aliphatic carbocycles. The van der Waals surface area contributed by atoms with Gasteiger partial charge >= 0.3 is 11.9 Å². The van der Waals surface area contributed by atoms with Crippen LogP contribution in [0.25, 0.3) is 0 Å². The number of benzene rings is 4. The number of fused-ring (bicyclic) bond motifs is 1. The van der Waals surface area contributed by atoms with E-state index in [4.69, 9.17) is 9.47 Å². The van der Waals surface area contributed by atoms with Crippen LogP contribution in [0.3, 0.4) is 0 Å². The largest absolute Gasteiger partial charge is 0.454 e. The van der Waals surface area contributed by atoms with Crippen LogP contribution in [0.2, 0.25) is 0 Å². The fraction of sp³-hybridized carbons (Fsp3) is 0.188. The molecule has 4 aromatic carbocycles. The second kappa shape index (κ2) is 10.0. The van der Waals surface area contributed by atoms with E-state index in [2.05, 4.69) is 0 Å². The molecule has 0 saturated heterocycles. The molecule has 0 spiro atoms. The minimum atomic E-state index is -2.26. The molecule has 0 heterocycles. The Kier molecular flexibility index (Phi) is 6.62. The molecule has 0 saturated carbocycles. The van der Waals surface area contributed by atoms with Gasteiger partial charge in [0.1, 0.15) is 6.10 Å². The number of carbonyl (C=O) groups excluding carboxylic acids is 2. The average Bonchev–Trinajstić information content (AvgIpc) is 2.94. The zero-order chi connectivity index (χ0) is 26.0. The van der Waals surface area contributed by atoms with E-state index in [-0.39, 0.29) is 5.56 Å². The molecule has 37 heavy (non-hydrogen) atoms. The van der Waals surface area contributed by atoms with Crippen LogP contribution in [0.15, 0.2) is 109 Å². The molecule has 5 heteroatoms. The van der Waals surface area contributed by atoms with E-state index in [1.807, 2.05) is 38.1 Å². The van der Waals surface area contributed by atoms with E-state index < -0.39 is 35.7 Å². The quantitative estimate of drug-likeness (QED) is 0.287. The third-order valence-corrected chi connectivity index (χ3v) is 7.06. The highest BCUT2D eigenvalue weighted by Gasteiger charge is 2.57. The van der Waals surface area contributed by atoms with E-state index in [1.54, 1.807) is 84.9 Å². The molecule has 0 fully saturated rings. The van der Waals surface area contributed by atoms with Gasteiger partial charge in [-0.25, -0.2) is 14.0 Å². The Balaban J connectivity index is 1.67. The molecule has 4 nitrogen and oxygen atoms in total. The first kappa shape index (κ1) is 24.4. The second-order valence-electron chi connectivity index (χ2n) is 9.33. The van der Waals surface area contributed by atoms with Gasteiger partial charge in [-0.2, -0.15) is 0 Å². The van der Waals surface area contributed by atoms with Gasteiger partial charge in [-0.1, -0.05) is 91.9 Å². The Hall–Kier alpha value is -4.25. The maximum Gasteiger partial charge on any atom is 0.338 e. The number of alkyl halides is 1. The maximum absolute atomic E-state index is 17.9. The molecule has 0 aromatic heterocycles. The molecule has 0 aliphatic heterocycles. The van der Waals surface area contributed by atoms with Gasteiger partial charge in [0.05, 0.1) is 11.1 Å². The van der Waals surface area contributed by atoms with Crippen molar-refractivity contribution in [2.75, 3.05) is 0 Å². The predicted molar refractivity (Wildman–Crippen MR) is 139 cm³/mol. The smallest absolute Gasteiger partial charge is 0.338 e. The number of halogens is 1. The summed E-state index contributed by atoms with van der Waals surface area (Å²) in [6.07, 6.45) is -2.52. The first-order valence-corrected chi connectivity index (χ1v) is 12.3. The van der Waals surface area contributed by atoms with Crippen LogP contribution in [0.5, 0.6) is 0 Å². The summed E-state index contributed by atoms with van der Waals surface area (Å²) >= 11 is 0. The SMILES string of the molecule is Cc1ccccc1C1(F)c2ccccc2C(C)C(OC(=O)c2ccccc2)C1OC(=O)c1ccccc1. The van der Waals surface area contributed by atoms with Crippen molar-refractivity contribution in [1.82, 2.24) is 0 Å². The van der Waals surface area contributed by atoms with E-state index in [0.717, 1.165) is 0 Å². The Bertz CT molecular complexity index is 1420. The molecule has 0 amide bonds. The first-order valence-electron chi connectivity index (χ1n) is 12.3. The molecule has 0 bridgehead atoms. The lowest BCUT2D eigenvalue weighted by Gasteiger charge is -2.46. The highest BCUT2D eigenvalue weighted by molar-refractivity contribution is 5.90. The number of hydrogen-bond acceptors (Lipinski definition) is 4. The Labute approximate surface area is 215 Å². The van der Waals surface area contributed by atoms with Crippen LogP contribution in [-0.2, 0) is 15.1 Å².